The number of nitrogens with zero attached hydrogens (tertiary/aromatic N) is 9. The third kappa shape index (κ3) is 30.6. The molecule has 11 atom stereocenters. The summed E-state index contributed by atoms with van der Waals surface area (Å²) in [7, 11) is 3.40. The Labute approximate surface area is 766 Å². The van der Waals surface area contributed by atoms with Crippen LogP contribution in [0.4, 0.5) is 17.7 Å². The minimum absolute atomic E-state index is 0.0306. The van der Waals surface area contributed by atoms with Crippen molar-refractivity contribution in [2.24, 2.45) is 11.7 Å². The Balaban J connectivity index is 1.04. The Morgan fingerprint density at radius 2 is 1.17 bits per heavy atom. The summed E-state index contributed by atoms with van der Waals surface area (Å²) < 4.78 is 0. The molecule has 0 spiro atoms. The first-order valence-corrected chi connectivity index (χ1v) is 45.5. The molecule has 0 aliphatic carbocycles. The van der Waals surface area contributed by atoms with Crippen molar-refractivity contribution in [1.29, 1.82) is 5.41 Å². The molecule has 7 aromatic rings. The van der Waals surface area contributed by atoms with E-state index in [1.165, 1.54) is 38.2 Å². The number of amides is 11. The molecule has 36 heteroatoms. The fourth-order valence-electron chi connectivity index (χ4n) is 16.0. The number of carbonyl (C=O) groups is 11. The maximum absolute atomic E-state index is 16.0. The Hall–Kier alpha value is -12.5. The zero-order chi connectivity index (χ0) is 94.1. The van der Waals surface area contributed by atoms with Gasteiger partial charge in [0.15, 0.2) is 11.8 Å². The molecule has 35 nitrogen and oxygen atoms in total. The van der Waals surface area contributed by atoms with E-state index >= 15 is 33.6 Å². The first kappa shape index (κ1) is 101. The maximum atomic E-state index is 16.0. The molecule has 130 heavy (non-hydrogen) atoms. The van der Waals surface area contributed by atoms with Gasteiger partial charge in [0.25, 0.3) is 0 Å². The van der Waals surface area contributed by atoms with E-state index in [1.807, 2.05) is 114 Å². The molecule has 11 amide bonds. The summed E-state index contributed by atoms with van der Waals surface area (Å²) in [6.07, 6.45) is 8.64. The zero-order valence-corrected chi connectivity index (χ0v) is 77.1. The number of benzene rings is 4. The Bertz CT molecular complexity index is 4960. The number of fused-ring (bicyclic) bond motifs is 1. The molecular weight excluding hydrogens is 1680 g/mol. The predicted octanol–water partition coefficient (Wildman–Crippen LogP) is 6.00. The van der Waals surface area contributed by atoms with E-state index < -0.39 is 132 Å². The van der Waals surface area contributed by atoms with Crippen molar-refractivity contribution in [1.82, 2.24) is 92.4 Å². The van der Waals surface area contributed by atoms with Crippen LogP contribution in [0.1, 0.15) is 167 Å². The highest BCUT2D eigenvalue weighted by Gasteiger charge is 2.42. The van der Waals surface area contributed by atoms with Crippen LogP contribution in [0.15, 0.2) is 134 Å². The van der Waals surface area contributed by atoms with Crippen molar-refractivity contribution in [2.75, 3.05) is 82.5 Å². The number of aliphatic hydroxyl groups is 1. The van der Waals surface area contributed by atoms with Crippen LogP contribution < -0.4 is 69.5 Å². The second-order valence-electron chi connectivity index (χ2n) is 34.0. The fraction of sp³-hybridized carbons (Fsp3) is 0.500. The SMILES string of the molecule is CCNc1nc(NC(C)C)nc(-c2ccc(C[C@@H](C(=O)N[C@@H](CCCCNc3ccc(C4CCCN4C)cn3)C(=O)N[C@@H](CC(C)C)C(=O)N[C@@H](CCCCNC(=N)N(CC)CC)C(=O)N3CCC[C@H]3C(=O)N[C@@H](C)C(N)=O)N(C)C(=O)[C@H](CO)NC(=O)[C@H](Cc3cccnc3)NC(=O)[C@H](Cc3ccc(Cl)cc3)NC(=O)[C@H](Cc3ccc4ccccc4c3)NC(C)=O)cc2)n1. The number of unbranched alkanes of at least 4 members (excludes halogenated alkanes) is 2. The van der Waals surface area contributed by atoms with Crippen LogP contribution in [0.25, 0.3) is 22.2 Å². The van der Waals surface area contributed by atoms with Gasteiger partial charge in [-0.3, -0.25) is 68.0 Å². The molecule has 4 aromatic carbocycles. The lowest BCUT2D eigenvalue weighted by atomic mass is 9.99. The van der Waals surface area contributed by atoms with Gasteiger partial charge in [-0.25, -0.2) is 4.98 Å². The van der Waals surface area contributed by atoms with Gasteiger partial charge in [-0.2, -0.15) is 15.0 Å². The van der Waals surface area contributed by atoms with Gasteiger partial charge in [-0.15, -0.1) is 0 Å². The number of guanidine groups is 1. The van der Waals surface area contributed by atoms with Crippen molar-refractivity contribution in [3.8, 4) is 11.4 Å². The van der Waals surface area contributed by atoms with Crippen LogP contribution in [0.5, 0.6) is 0 Å². The standard InChI is InChI=1S/C94H130ClN23O12/c1-12-99-93-112-82(113-94(114-93)103-58(6)7)66-37-31-62(32-38-66)53-79(116(11)90(129)76(56-119)111-87(126)75(52-64-24-21-43-98-54-64)110-86(125)74(50-61-34-40-69(95)41-35-61)109-85(124)73(105-60(9)120)51-63-33-36-65-25-15-16-26-67(65)49-63)89(128)106-70(27-17-19-44-100-80-42-39-68(55-102-80)77-29-22-46-115(77)10)83(122)108-72(48-57(4)5)84(123)107-71(28-18-20-45-101-92(97)117(13-2)14-3)91(130)118-47-23-30-78(118)88(127)104-59(8)81(96)121/h15-16,21,24-26,31-43,49,54-55,57-59,70-79,119H,12-14,17-20,22-23,27-30,44-48,50-53,56H2,1-11H3,(H2,96,121)(H2,97,101)(H,100,102)(H,104,127)(H,105,120)(H,106,128)(H,107,123)(H,108,122)(H,109,124)(H,110,125)(H,111,126)(H2,99,103,112,113,114)/t59-,70-,71-,72-,73-,74-,75-,76-,77?,78-,79-/m0/s1. The van der Waals surface area contributed by atoms with E-state index in [4.69, 9.17) is 32.7 Å². The van der Waals surface area contributed by atoms with Crippen LogP contribution in [-0.2, 0) is 78.4 Å². The van der Waals surface area contributed by atoms with Gasteiger partial charge in [0.05, 0.1) is 6.61 Å². The molecule has 700 valence electrons. The third-order valence-electron chi connectivity index (χ3n) is 23.1. The summed E-state index contributed by atoms with van der Waals surface area (Å²) in [5, 5.41) is 57.7. The summed E-state index contributed by atoms with van der Waals surface area (Å²) in [4.78, 5) is 191. The Morgan fingerprint density at radius 1 is 0.585 bits per heavy atom. The zero-order valence-electron chi connectivity index (χ0n) is 76.4. The number of carbonyl (C=O) groups excluding carboxylic acids is 11. The van der Waals surface area contributed by atoms with Crippen molar-refractivity contribution < 1.29 is 57.8 Å². The topological polar surface area (TPSA) is 480 Å². The summed E-state index contributed by atoms with van der Waals surface area (Å²) in [5.41, 5.74) is 9.38. The number of hydrogen-bond donors (Lipinski definition) is 15. The van der Waals surface area contributed by atoms with Crippen LogP contribution >= 0.6 is 11.6 Å². The highest BCUT2D eigenvalue weighted by atomic mass is 35.5. The van der Waals surface area contributed by atoms with E-state index in [2.05, 4.69) is 90.7 Å². The number of hydrogen-bond acceptors (Lipinski definition) is 22. The lowest BCUT2D eigenvalue weighted by Gasteiger charge is -2.33. The van der Waals surface area contributed by atoms with Crippen molar-refractivity contribution in [3.63, 3.8) is 0 Å². The van der Waals surface area contributed by atoms with Gasteiger partial charge in [-0.05, 0) is 195 Å². The maximum Gasteiger partial charge on any atom is 0.247 e. The second-order valence-corrected chi connectivity index (χ2v) is 34.5. The number of pyridine rings is 2. The molecule has 2 aliphatic rings. The quantitative estimate of drug-likeness (QED) is 0.0118. The number of anilines is 3. The third-order valence-corrected chi connectivity index (χ3v) is 23.3. The van der Waals surface area contributed by atoms with Crippen LogP contribution in [0.3, 0.4) is 0 Å². The minimum Gasteiger partial charge on any atom is -0.394 e. The number of halogens is 1. The monoisotopic (exact) mass is 1810 g/mol. The van der Waals surface area contributed by atoms with E-state index in [-0.39, 0.29) is 88.3 Å². The molecule has 2 aliphatic heterocycles. The number of likely N-dealkylation sites (tertiary alicyclic amines) is 2. The van der Waals surface area contributed by atoms with E-state index in [0.717, 1.165) is 40.6 Å². The van der Waals surface area contributed by atoms with E-state index in [9.17, 15) is 24.3 Å². The summed E-state index contributed by atoms with van der Waals surface area (Å²) in [6, 6.07) is 20.6. The normalized spacial score (nSPS) is 15.8. The Morgan fingerprint density at radius 3 is 1.78 bits per heavy atom. The van der Waals surface area contributed by atoms with Gasteiger partial charge in [0, 0.05) is 120 Å². The van der Waals surface area contributed by atoms with Gasteiger partial charge in [0.2, 0.25) is 76.9 Å². The molecule has 0 bridgehead atoms. The van der Waals surface area contributed by atoms with Crippen molar-refractivity contribution in [3.05, 3.63) is 167 Å². The van der Waals surface area contributed by atoms with Gasteiger partial charge >= 0.3 is 0 Å². The number of likely N-dealkylation sites (N-methyl/N-ethyl adjacent to an activating group) is 1. The molecule has 0 radical (unpaired) electrons. The number of primary amides is 1. The predicted molar refractivity (Wildman–Crippen MR) is 500 cm³/mol. The second kappa shape index (κ2) is 50.5. The fourth-order valence-corrected chi connectivity index (χ4v) is 16.1. The highest BCUT2D eigenvalue weighted by molar-refractivity contribution is 6.30. The molecule has 2 fully saturated rings. The molecule has 3 aromatic heterocycles. The van der Waals surface area contributed by atoms with Crippen molar-refractivity contribution >= 4 is 111 Å². The summed E-state index contributed by atoms with van der Waals surface area (Å²) in [6.45, 7) is 18.6. The van der Waals surface area contributed by atoms with Crippen LogP contribution in [0, 0.1) is 11.3 Å². The molecule has 5 heterocycles. The number of aliphatic hydroxyl groups excluding tert-OH is 1. The van der Waals surface area contributed by atoms with Crippen molar-refractivity contribution in [2.45, 2.75) is 231 Å². The molecule has 1 unspecified atom stereocenters. The largest absolute Gasteiger partial charge is 0.394 e. The smallest absolute Gasteiger partial charge is 0.247 e. The molecular formula is C94H130ClN23O12. The average molecular weight is 1810 g/mol. The lowest BCUT2D eigenvalue weighted by Crippen LogP contribution is -2.62. The first-order chi connectivity index (χ1) is 62.3. The van der Waals surface area contributed by atoms with E-state index in [0.29, 0.717) is 115 Å². The molecule has 0 saturated carbocycles. The van der Waals surface area contributed by atoms with Crippen LogP contribution in [0.2, 0.25) is 5.02 Å². The average Bonchev–Trinajstić information content (AvgIpc) is 1.42. The van der Waals surface area contributed by atoms with Gasteiger partial charge in [0.1, 0.15) is 66.2 Å². The molecule has 2 saturated heterocycles. The molecule has 16 N–H and O–H groups in total. The highest BCUT2D eigenvalue weighted by Crippen LogP contribution is 2.31. The molecule has 9 rings (SSSR count). The Kier molecular flexibility index (Phi) is 39.3. The first-order valence-electron chi connectivity index (χ1n) is 45.1. The van der Waals surface area contributed by atoms with Gasteiger partial charge in [-0.1, -0.05) is 116 Å². The number of nitrogens with two attached hydrogens (primary N) is 1. The summed E-state index contributed by atoms with van der Waals surface area (Å²) >= 11 is 6.33. The lowest BCUT2D eigenvalue weighted by molar-refractivity contribution is -0.144. The van der Waals surface area contributed by atoms with Gasteiger partial charge < -0.3 is 89.3 Å². The van der Waals surface area contributed by atoms with Crippen LogP contribution in [-0.4, -0.2) is 254 Å². The number of aromatic nitrogens is 5. The summed E-state index contributed by atoms with van der Waals surface area (Å²) in [5.74, 6) is -6.90. The number of rotatable bonds is 49. The number of nitrogens with one attached hydrogen (secondary N) is 13. The van der Waals surface area contributed by atoms with E-state index in [1.54, 1.807) is 60.7 Å². The minimum atomic E-state index is -1.83.